The third kappa shape index (κ3) is 14.1. The number of hydrogen-bond donors (Lipinski definition) is 0. The summed E-state index contributed by atoms with van der Waals surface area (Å²) in [5.74, 6) is 0.756. The number of aryl methyl sites for hydroxylation is 1. The normalized spacial score (nSPS) is 15.9. The first-order valence-corrected chi connectivity index (χ1v) is 32.5. The molecule has 0 spiro atoms. The Kier molecular flexibility index (Phi) is 20.5. The molecule has 0 bridgehead atoms. The van der Waals surface area contributed by atoms with Gasteiger partial charge in [-0.05, 0) is 59.2 Å². The number of fused-ring (bicyclic) bond motifs is 1. The van der Waals surface area contributed by atoms with Gasteiger partial charge in [0.15, 0.2) is 10.9 Å². The van der Waals surface area contributed by atoms with Gasteiger partial charge >= 0.3 is 77.0 Å². The van der Waals surface area contributed by atoms with Crippen molar-refractivity contribution in [2.24, 2.45) is 0 Å². The average molecular weight is 1260 g/mol. The third-order valence-electron chi connectivity index (χ3n) is 8.88. The molecule has 0 radical (unpaired) electrons. The first-order valence-electron chi connectivity index (χ1n) is 17.4. The number of halogens is 6. The second-order valence-electron chi connectivity index (χ2n) is 12.4. The number of hydrogen-bond acceptors (Lipinski definition) is 9. The number of carbonyl (C=O) groups is 3. The van der Waals surface area contributed by atoms with E-state index in [1.54, 1.807) is 23.5 Å². The number of imidazole rings is 1. The van der Waals surface area contributed by atoms with E-state index in [4.69, 9.17) is 32.7 Å². The van der Waals surface area contributed by atoms with Crippen LogP contribution in [0.5, 0.6) is 0 Å². The zero-order chi connectivity index (χ0) is 40.0. The van der Waals surface area contributed by atoms with Crippen molar-refractivity contribution in [3.63, 3.8) is 0 Å². The summed E-state index contributed by atoms with van der Waals surface area (Å²) in [5, 5.41) is 0.681. The molecule has 19 heteroatoms. The molecule has 0 saturated carbocycles. The molecule has 304 valence electrons. The van der Waals surface area contributed by atoms with Gasteiger partial charge < -0.3 is 9.47 Å². The van der Waals surface area contributed by atoms with Crippen LogP contribution in [0.15, 0.2) is 90.1 Å². The molecule has 2 aliphatic heterocycles. The van der Waals surface area contributed by atoms with Crippen molar-refractivity contribution >= 4 is 123 Å². The summed E-state index contributed by atoms with van der Waals surface area (Å²) >= 11 is 23.0. The van der Waals surface area contributed by atoms with Gasteiger partial charge in [0.1, 0.15) is 34.3 Å². The Bertz CT molecular complexity index is 2070. The standard InChI is InChI=1S/C19H20ClN3O3.C18H16BrClN4O2.CH4.3HI.V/c20-18-15(21-10-11-22-18)8-9-17(24)16-7-4-12-23(16)19(25)26-13-14-5-2-1-3-6-14;19-15-14-16(20)21-8-10-24(14)17(22-15)13-7-4-9-23(13)18(25)26-11-12-5-2-1-3-6-12;;;;;/h1-3,5-6,10-11,16H,4,7-9,12-13H2;1-3,5-6,8,10,13H,4,7,9,11H2;1H4;3*1H;/q;;;;;;+3/p-3/t16-;13-;;;;;/m00...../s1. The Morgan fingerprint density at radius 3 is 1.95 bits per heavy atom. The van der Waals surface area contributed by atoms with Crippen LogP contribution in [0.25, 0.3) is 5.52 Å². The summed E-state index contributed by atoms with van der Waals surface area (Å²) in [7, 11) is 0. The summed E-state index contributed by atoms with van der Waals surface area (Å²) in [6, 6.07) is 18.5. The van der Waals surface area contributed by atoms with Crippen molar-refractivity contribution in [3.05, 3.63) is 123 Å². The number of ketones is 1. The molecule has 0 N–H and O–H groups in total. The van der Waals surface area contributed by atoms with Crippen molar-refractivity contribution < 1.29 is 28.8 Å². The maximum atomic E-state index is 12.6. The molecule has 57 heavy (non-hydrogen) atoms. The molecule has 2 fully saturated rings. The maximum absolute atomic E-state index is 12.6. The summed E-state index contributed by atoms with van der Waals surface area (Å²) in [6.07, 6.45) is 9.58. The predicted octanol–water partition coefficient (Wildman–Crippen LogP) is 11.3. The van der Waals surface area contributed by atoms with Gasteiger partial charge in [0.25, 0.3) is 0 Å². The topological polar surface area (TPSA) is 132 Å². The molecule has 2 aliphatic rings. The third-order valence-corrected chi connectivity index (χ3v) is 10.0. The Hall–Kier alpha value is -1.82. The van der Waals surface area contributed by atoms with Crippen LogP contribution < -0.4 is 0 Å². The molecule has 5 heterocycles. The van der Waals surface area contributed by atoms with Crippen LogP contribution in [-0.2, 0) is 38.8 Å². The first kappa shape index (κ1) is 47.9. The number of amides is 2. The van der Waals surface area contributed by atoms with Gasteiger partial charge in [-0.3, -0.25) is 24.0 Å². The van der Waals surface area contributed by atoms with Crippen molar-refractivity contribution in [2.75, 3.05) is 13.1 Å². The van der Waals surface area contributed by atoms with E-state index in [1.165, 1.54) is 11.1 Å². The average Bonchev–Trinajstić information content (AvgIpc) is 3.96. The van der Waals surface area contributed by atoms with Crippen LogP contribution in [0.2, 0.25) is 10.3 Å². The number of benzene rings is 2. The molecular formula is C38H40BrCl2I3N7O5V. The van der Waals surface area contributed by atoms with E-state index in [2.05, 4.69) is 95.8 Å². The van der Waals surface area contributed by atoms with E-state index < -0.39 is 12.1 Å². The van der Waals surface area contributed by atoms with Crippen molar-refractivity contribution in [3.8, 4) is 0 Å². The van der Waals surface area contributed by atoms with Gasteiger partial charge in [0, 0.05) is 44.3 Å². The molecule has 3 aromatic heterocycles. The molecule has 5 aromatic rings. The van der Waals surface area contributed by atoms with E-state index in [9.17, 15) is 14.4 Å². The fourth-order valence-corrected chi connectivity index (χ4v) is 7.43. The van der Waals surface area contributed by atoms with E-state index in [0.717, 1.165) is 36.2 Å². The van der Waals surface area contributed by atoms with Crippen LogP contribution in [0.3, 0.4) is 0 Å². The van der Waals surface area contributed by atoms with Crippen molar-refractivity contribution in [2.45, 2.75) is 71.2 Å². The minimum absolute atomic E-state index is 0. The summed E-state index contributed by atoms with van der Waals surface area (Å²) in [4.78, 5) is 57.3. The molecule has 7 rings (SSSR count). The predicted molar refractivity (Wildman–Crippen MR) is 247 cm³/mol. The van der Waals surface area contributed by atoms with Crippen molar-refractivity contribution in [1.82, 2.24) is 34.1 Å². The zero-order valence-electron chi connectivity index (χ0n) is 29.7. The number of carbonyl (C=O) groups excluding carboxylic acids is 3. The number of Topliss-reactive ketones (excluding diaryl/α,β-unsaturated/α-hetero) is 1. The molecule has 2 saturated heterocycles. The van der Waals surface area contributed by atoms with Crippen molar-refractivity contribution in [1.29, 1.82) is 0 Å². The molecule has 2 aromatic carbocycles. The summed E-state index contributed by atoms with van der Waals surface area (Å²) in [5.41, 5.74) is 3.18. The molecule has 0 aliphatic carbocycles. The number of aromatic nitrogens is 5. The van der Waals surface area contributed by atoms with Gasteiger partial charge in [0.05, 0.1) is 17.8 Å². The van der Waals surface area contributed by atoms with E-state index in [-0.39, 0.29) is 49.9 Å². The van der Waals surface area contributed by atoms with E-state index >= 15 is 0 Å². The van der Waals surface area contributed by atoms with Gasteiger partial charge in [0.2, 0.25) is 0 Å². The second-order valence-corrected chi connectivity index (χ2v) is 49.3. The minimum atomic E-state index is -0.442. The Morgan fingerprint density at radius 1 is 0.789 bits per heavy atom. The monoisotopic (exact) mass is 1250 g/mol. The summed E-state index contributed by atoms with van der Waals surface area (Å²) in [6.45, 7) is 1.64. The quantitative estimate of drug-likeness (QED) is 0.132. The van der Waals surface area contributed by atoms with Crippen LogP contribution in [-0.4, -0.2) is 71.2 Å². The zero-order valence-corrected chi connectivity index (χ0v) is 40.7. The fourth-order valence-electron chi connectivity index (χ4n) is 6.32. The summed E-state index contributed by atoms with van der Waals surface area (Å²) < 4.78 is 13.4. The molecule has 2 amide bonds. The number of ether oxygens (including phenoxy) is 2. The van der Waals surface area contributed by atoms with Gasteiger partial charge in [-0.25, -0.2) is 24.5 Å². The van der Waals surface area contributed by atoms with Crippen LogP contribution in [0.1, 0.15) is 68.2 Å². The number of nitrogens with zero attached hydrogens (tertiary/aromatic N) is 7. The van der Waals surface area contributed by atoms with Gasteiger partial charge in [-0.1, -0.05) is 91.3 Å². The first-order chi connectivity index (χ1) is 27.0. The number of rotatable bonds is 9. The van der Waals surface area contributed by atoms with E-state index in [0.29, 0.717) is 52.1 Å². The SMILES string of the molecule is C.O=C(CCc1nccnc1Cl)[C@@H]1CCCN1C(=O)OCc1ccccc1.O=C(OCc1ccccc1)N1CCC[C@H]1c1nc(Br)c2c(Cl)nccn12.[I][V]([I])[I]. The van der Waals surface area contributed by atoms with Crippen LogP contribution in [0, 0.1) is 0 Å². The fraction of sp³-hybridized carbons (Fsp3) is 0.342. The van der Waals surface area contributed by atoms with Crippen LogP contribution >= 0.6 is 99.1 Å². The molecule has 0 unspecified atom stereocenters. The van der Waals surface area contributed by atoms with Gasteiger partial charge in [-0.15, -0.1) is 0 Å². The molecular weight excluding hydrogens is 1220 g/mol. The van der Waals surface area contributed by atoms with Crippen LogP contribution in [0.4, 0.5) is 9.59 Å². The Morgan fingerprint density at radius 2 is 1.33 bits per heavy atom. The molecule has 2 atom stereocenters. The van der Waals surface area contributed by atoms with Gasteiger partial charge in [-0.2, -0.15) is 0 Å². The Balaban J connectivity index is 0.000000227. The second kappa shape index (κ2) is 24.4. The Labute approximate surface area is 388 Å². The van der Waals surface area contributed by atoms with E-state index in [1.807, 2.05) is 65.1 Å². The molecule has 12 nitrogen and oxygen atoms in total. The number of likely N-dealkylation sites (tertiary alicyclic amines) is 2.